The van der Waals surface area contributed by atoms with Gasteiger partial charge in [0.25, 0.3) is 0 Å². The molecule has 3 nitrogen and oxygen atoms in total. The van der Waals surface area contributed by atoms with Gasteiger partial charge in [-0.2, -0.15) is 0 Å². The van der Waals surface area contributed by atoms with Gasteiger partial charge in [-0.05, 0) is 54.2 Å². The fraction of sp³-hybridized carbons (Fsp3) is 0.235. The second kappa shape index (κ2) is 6.38. The molecule has 1 aliphatic rings. The van der Waals surface area contributed by atoms with E-state index < -0.39 is 11.8 Å². The van der Waals surface area contributed by atoms with E-state index in [0.29, 0.717) is 26.9 Å². The number of rotatable bonds is 5. The Balaban J connectivity index is 1.88. The molecule has 1 fully saturated rings. The zero-order valence-electron chi connectivity index (χ0n) is 12.0. The van der Waals surface area contributed by atoms with E-state index in [9.17, 15) is 9.18 Å². The van der Waals surface area contributed by atoms with E-state index >= 15 is 0 Å². The van der Waals surface area contributed by atoms with Gasteiger partial charge in [-0.25, -0.2) is 9.18 Å². The lowest BCUT2D eigenvalue weighted by Crippen LogP contribution is -2.08. The van der Waals surface area contributed by atoms with Crippen molar-refractivity contribution in [2.75, 3.05) is 0 Å². The molecule has 1 aliphatic carbocycles. The zero-order chi connectivity index (χ0) is 16.6. The third-order valence-electron chi connectivity index (χ3n) is 3.72. The van der Waals surface area contributed by atoms with Crippen molar-refractivity contribution >= 4 is 29.2 Å². The molecule has 1 saturated carbocycles. The molecule has 2 aromatic carbocycles. The van der Waals surface area contributed by atoms with Gasteiger partial charge in [0.05, 0.1) is 5.56 Å². The molecule has 120 valence electrons. The summed E-state index contributed by atoms with van der Waals surface area (Å²) in [6, 6.07) is 7.70. The van der Waals surface area contributed by atoms with E-state index in [1.165, 1.54) is 6.07 Å². The van der Waals surface area contributed by atoms with Crippen LogP contribution in [0.25, 0.3) is 0 Å². The Kier molecular flexibility index (Phi) is 4.46. The predicted molar refractivity (Wildman–Crippen MR) is 86.1 cm³/mol. The van der Waals surface area contributed by atoms with Crippen LogP contribution >= 0.6 is 23.2 Å². The second-order valence-electron chi connectivity index (χ2n) is 5.47. The van der Waals surface area contributed by atoms with E-state index in [-0.39, 0.29) is 18.1 Å². The summed E-state index contributed by atoms with van der Waals surface area (Å²) in [6.07, 6.45) is 1.71. The average Bonchev–Trinajstić information content (AvgIpc) is 3.28. The van der Waals surface area contributed by atoms with E-state index in [1.807, 2.05) is 0 Å². The predicted octanol–water partition coefficient (Wildman–Crippen LogP) is 5.29. The molecule has 0 radical (unpaired) electrons. The molecular weight excluding hydrogens is 342 g/mol. The lowest BCUT2D eigenvalue weighted by Gasteiger charge is -2.13. The summed E-state index contributed by atoms with van der Waals surface area (Å²) in [5, 5.41) is 9.94. The number of hydrogen-bond acceptors (Lipinski definition) is 2. The van der Waals surface area contributed by atoms with Crippen LogP contribution in [-0.4, -0.2) is 11.1 Å². The highest BCUT2D eigenvalue weighted by molar-refractivity contribution is 6.34. The summed E-state index contributed by atoms with van der Waals surface area (Å²) in [5.41, 5.74) is 0.783. The van der Waals surface area contributed by atoms with Gasteiger partial charge in [-0.15, -0.1) is 0 Å². The molecule has 3 rings (SSSR count). The van der Waals surface area contributed by atoms with Crippen molar-refractivity contribution in [1.82, 2.24) is 0 Å². The first-order valence-electron chi connectivity index (χ1n) is 7.09. The van der Waals surface area contributed by atoms with Crippen molar-refractivity contribution < 1.29 is 19.0 Å². The lowest BCUT2D eigenvalue weighted by atomic mass is 9.99. The fourth-order valence-electron chi connectivity index (χ4n) is 2.51. The van der Waals surface area contributed by atoms with E-state index in [2.05, 4.69) is 0 Å². The molecule has 2 aromatic rings. The standard InChI is InChI=1S/C17H13Cl2FO3/c18-11-5-12(19)7-13(6-11)23-8-10-3-4-14(17(21)22)16(20)15(10)9-1-2-9/h3-7,9H,1-2,8H2,(H,21,22). The first-order chi connectivity index (χ1) is 11.0. The van der Waals surface area contributed by atoms with Gasteiger partial charge in [0.1, 0.15) is 18.2 Å². The number of aromatic carboxylic acids is 1. The summed E-state index contributed by atoms with van der Waals surface area (Å²) in [4.78, 5) is 11.1. The van der Waals surface area contributed by atoms with Crippen molar-refractivity contribution in [1.29, 1.82) is 0 Å². The molecule has 0 spiro atoms. The quantitative estimate of drug-likeness (QED) is 0.793. The molecule has 0 atom stereocenters. The molecule has 1 N–H and O–H groups in total. The van der Waals surface area contributed by atoms with Gasteiger partial charge in [0.2, 0.25) is 0 Å². The fourth-order valence-corrected chi connectivity index (χ4v) is 3.02. The number of halogens is 3. The number of hydrogen-bond donors (Lipinski definition) is 1. The maximum Gasteiger partial charge on any atom is 0.338 e. The number of benzene rings is 2. The average molecular weight is 355 g/mol. The molecule has 0 amide bonds. The Morgan fingerprint density at radius 3 is 2.43 bits per heavy atom. The Labute approximate surface area is 142 Å². The highest BCUT2D eigenvalue weighted by Crippen LogP contribution is 2.44. The highest BCUT2D eigenvalue weighted by atomic mass is 35.5. The third kappa shape index (κ3) is 3.59. The van der Waals surface area contributed by atoms with Crippen LogP contribution in [0.4, 0.5) is 4.39 Å². The Bertz CT molecular complexity index is 752. The molecule has 23 heavy (non-hydrogen) atoms. The van der Waals surface area contributed by atoms with Gasteiger partial charge >= 0.3 is 5.97 Å². The molecule has 0 unspecified atom stereocenters. The van der Waals surface area contributed by atoms with Crippen molar-refractivity contribution in [3.05, 3.63) is 62.9 Å². The summed E-state index contributed by atoms with van der Waals surface area (Å²) < 4.78 is 20.1. The van der Waals surface area contributed by atoms with E-state index in [4.69, 9.17) is 33.0 Å². The van der Waals surface area contributed by atoms with Gasteiger partial charge in [0, 0.05) is 10.0 Å². The number of carbonyl (C=O) groups is 1. The van der Waals surface area contributed by atoms with E-state index in [1.54, 1.807) is 24.3 Å². The van der Waals surface area contributed by atoms with Crippen molar-refractivity contribution in [3.63, 3.8) is 0 Å². The number of ether oxygens (including phenoxy) is 1. The van der Waals surface area contributed by atoms with E-state index in [0.717, 1.165) is 12.8 Å². The normalized spacial score (nSPS) is 13.9. The van der Waals surface area contributed by atoms with Crippen molar-refractivity contribution in [3.8, 4) is 5.75 Å². The molecular formula is C17H13Cl2FO3. The van der Waals surface area contributed by atoms with Crippen LogP contribution in [0.15, 0.2) is 30.3 Å². The number of carboxylic acids is 1. The van der Waals surface area contributed by atoms with Gasteiger partial charge in [0.15, 0.2) is 0 Å². The summed E-state index contributed by atoms with van der Waals surface area (Å²) in [6.45, 7) is 0.124. The van der Waals surface area contributed by atoms with Crippen molar-refractivity contribution in [2.24, 2.45) is 0 Å². The van der Waals surface area contributed by atoms with Crippen LogP contribution in [0.5, 0.6) is 5.75 Å². The van der Waals surface area contributed by atoms with Crippen LogP contribution < -0.4 is 4.74 Å². The molecule has 0 aliphatic heterocycles. The van der Waals surface area contributed by atoms with Crippen LogP contribution in [-0.2, 0) is 6.61 Å². The van der Waals surface area contributed by atoms with Crippen LogP contribution in [0.3, 0.4) is 0 Å². The molecule has 0 saturated heterocycles. The smallest absolute Gasteiger partial charge is 0.338 e. The Morgan fingerprint density at radius 1 is 1.22 bits per heavy atom. The zero-order valence-corrected chi connectivity index (χ0v) is 13.5. The third-order valence-corrected chi connectivity index (χ3v) is 4.15. The largest absolute Gasteiger partial charge is 0.489 e. The van der Waals surface area contributed by atoms with Gasteiger partial charge in [-0.3, -0.25) is 0 Å². The maximum atomic E-state index is 14.4. The summed E-state index contributed by atoms with van der Waals surface area (Å²) in [7, 11) is 0. The summed E-state index contributed by atoms with van der Waals surface area (Å²) in [5.74, 6) is -1.38. The minimum absolute atomic E-state index is 0.0656. The minimum atomic E-state index is -1.27. The monoisotopic (exact) mass is 354 g/mol. The van der Waals surface area contributed by atoms with Gasteiger partial charge < -0.3 is 9.84 Å². The first kappa shape index (κ1) is 16.1. The SMILES string of the molecule is O=C(O)c1ccc(COc2cc(Cl)cc(Cl)c2)c(C2CC2)c1F. The Morgan fingerprint density at radius 2 is 1.87 bits per heavy atom. The second-order valence-corrected chi connectivity index (χ2v) is 6.35. The van der Waals surface area contributed by atoms with Crippen molar-refractivity contribution in [2.45, 2.75) is 25.4 Å². The minimum Gasteiger partial charge on any atom is -0.489 e. The molecule has 6 heteroatoms. The molecule has 0 bridgehead atoms. The Hall–Kier alpha value is -1.78. The van der Waals surface area contributed by atoms with Gasteiger partial charge in [-0.1, -0.05) is 29.3 Å². The topological polar surface area (TPSA) is 46.5 Å². The number of carboxylic acid groups (broad SMARTS) is 1. The summed E-state index contributed by atoms with van der Waals surface area (Å²) >= 11 is 11.8. The van der Waals surface area contributed by atoms with Crippen LogP contribution in [0.1, 0.15) is 40.2 Å². The lowest BCUT2D eigenvalue weighted by molar-refractivity contribution is 0.0691. The van der Waals surface area contributed by atoms with Crippen LogP contribution in [0, 0.1) is 5.82 Å². The van der Waals surface area contributed by atoms with Crippen LogP contribution in [0.2, 0.25) is 10.0 Å². The first-order valence-corrected chi connectivity index (χ1v) is 7.84. The molecule has 0 aromatic heterocycles. The molecule has 0 heterocycles. The maximum absolute atomic E-state index is 14.4. The highest BCUT2D eigenvalue weighted by Gasteiger charge is 2.31.